The maximum atomic E-state index is 14.1. The molecule has 0 aromatic heterocycles. The van der Waals surface area contributed by atoms with Gasteiger partial charge < -0.3 is 26.0 Å². The summed E-state index contributed by atoms with van der Waals surface area (Å²) in [6, 6.07) is -0.237. The van der Waals surface area contributed by atoms with E-state index in [1.165, 1.54) is 0 Å². The van der Waals surface area contributed by atoms with Crippen molar-refractivity contribution in [2.24, 2.45) is 10.7 Å². The Morgan fingerprint density at radius 1 is 1.60 bits per heavy atom. The van der Waals surface area contributed by atoms with E-state index >= 15 is 0 Å². The normalized spacial score (nSPS) is 48.9. The summed E-state index contributed by atoms with van der Waals surface area (Å²) in [5.41, 5.74) is 5.90. The molecule has 0 radical (unpaired) electrons. The second kappa shape index (κ2) is 5.34. The zero-order chi connectivity index (χ0) is 14.4. The van der Waals surface area contributed by atoms with E-state index in [0.717, 1.165) is 0 Å². The van der Waals surface area contributed by atoms with Gasteiger partial charge in [0.1, 0.15) is 24.6 Å². The highest BCUT2D eigenvalue weighted by Crippen LogP contribution is 2.31. The van der Waals surface area contributed by atoms with E-state index in [1.807, 2.05) is 0 Å². The largest absolute Gasteiger partial charge is 0.394 e. The number of halogens is 2. The summed E-state index contributed by atoms with van der Waals surface area (Å²) < 4.78 is 19.5. The highest BCUT2D eigenvalue weighted by molar-refractivity contribution is 6.64. The predicted octanol–water partition coefficient (Wildman–Crippen LogP) is -2.56. The average Bonchev–Trinajstić information content (AvgIpc) is 2.93. The maximum Gasteiger partial charge on any atom is 0.194 e. The number of nitrogens with two attached hydrogens (primary N) is 1. The first-order valence-corrected chi connectivity index (χ1v) is 6.73. The Balaban J connectivity index is 1.80. The third kappa shape index (κ3) is 2.19. The Morgan fingerprint density at radius 2 is 2.35 bits per heavy atom. The number of hydrogen-bond acceptors (Lipinski definition) is 8. The first kappa shape index (κ1) is 14.4. The van der Waals surface area contributed by atoms with Crippen molar-refractivity contribution in [3.05, 3.63) is 0 Å². The summed E-state index contributed by atoms with van der Waals surface area (Å²) in [5, 5.41) is 24.8. The van der Waals surface area contributed by atoms with Crippen molar-refractivity contribution >= 4 is 16.9 Å². The topological polar surface area (TPSA) is 115 Å². The van der Waals surface area contributed by atoms with Crippen molar-refractivity contribution in [1.82, 2.24) is 15.5 Å². The lowest BCUT2D eigenvalue weighted by Gasteiger charge is -2.34. The molecule has 3 aliphatic rings. The van der Waals surface area contributed by atoms with Gasteiger partial charge in [-0.05, 0) is 11.6 Å². The van der Waals surface area contributed by atoms with Crippen LogP contribution in [0.2, 0.25) is 0 Å². The molecule has 3 rings (SSSR count). The molecule has 2 unspecified atom stereocenters. The lowest BCUT2D eigenvalue weighted by molar-refractivity contribution is -0.0927. The van der Waals surface area contributed by atoms with Gasteiger partial charge in [-0.3, -0.25) is 5.32 Å². The van der Waals surface area contributed by atoms with Gasteiger partial charge in [0.15, 0.2) is 11.5 Å². The van der Waals surface area contributed by atoms with Crippen LogP contribution in [0, 0.1) is 0 Å². The molecule has 0 saturated carbocycles. The molecule has 6 N–H and O–H groups in total. The van der Waals surface area contributed by atoms with Gasteiger partial charge in [0.2, 0.25) is 0 Å². The minimum atomic E-state index is -1.63. The number of ether oxygens (including phenoxy) is 1. The fourth-order valence-electron chi connectivity index (χ4n) is 2.82. The minimum absolute atomic E-state index is 0.153. The molecule has 0 amide bonds. The molecule has 0 aromatic carbocycles. The number of nitrogens with one attached hydrogen (secondary N) is 2. The summed E-state index contributed by atoms with van der Waals surface area (Å²) in [5.74, 6) is 0. The minimum Gasteiger partial charge on any atom is -0.394 e. The lowest BCUT2D eigenvalue weighted by Crippen LogP contribution is -2.60. The second-order valence-corrected chi connectivity index (χ2v) is 5.45. The van der Waals surface area contributed by atoms with Crippen molar-refractivity contribution in [2.75, 3.05) is 13.3 Å². The smallest absolute Gasteiger partial charge is 0.194 e. The van der Waals surface area contributed by atoms with Crippen LogP contribution in [0.3, 0.4) is 0 Å². The van der Waals surface area contributed by atoms with Gasteiger partial charge >= 0.3 is 0 Å². The number of amidine groups is 1. The van der Waals surface area contributed by atoms with Gasteiger partial charge in [0, 0.05) is 0 Å². The Morgan fingerprint density at radius 3 is 3.00 bits per heavy atom. The van der Waals surface area contributed by atoms with Gasteiger partial charge in [0.05, 0.1) is 25.5 Å². The van der Waals surface area contributed by atoms with E-state index in [4.69, 9.17) is 27.2 Å². The fourth-order valence-corrected chi connectivity index (χ4v) is 3.05. The standard InChI is InChI=1S/C10H17ClFN5O3/c11-10-15-7(13)5-8(16-10)17(2-14-5)9-4(12)6(19)3(1-18)20-9/h3-9,14,18-19H,1-2,13H2,(H,15,16)/t3?,4?,5-,6+,7-,8-,9-/m1/s1/i12-1. The van der Waals surface area contributed by atoms with Crippen LogP contribution < -0.4 is 16.4 Å². The number of aliphatic hydroxyl groups excluding tert-OH is 2. The van der Waals surface area contributed by atoms with Crippen molar-refractivity contribution in [1.29, 1.82) is 0 Å². The molecule has 3 aliphatic heterocycles. The molecule has 20 heavy (non-hydrogen) atoms. The first-order valence-electron chi connectivity index (χ1n) is 6.36. The van der Waals surface area contributed by atoms with Crippen LogP contribution in [0.1, 0.15) is 0 Å². The number of aliphatic imine (C=N–C) groups is 1. The molecule has 0 aliphatic carbocycles. The van der Waals surface area contributed by atoms with Crippen LogP contribution in [-0.4, -0.2) is 76.7 Å². The summed E-state index contributed by atoms with van der Waals surface area (Å²) >= 11 is 5.85. The Kier molecular flexibility index (Phi) is 3.84. The summed E-state index contributed by atoms with van der Waals surface area (Å²) in [7, 11) is 0. The van der Waals surface area contributed by atoms with Crippen LogP contribution in [0.25, 0.3) is 0 Å². The first-order chi connectivity index (χ1) is 9.52. The van der Waals surface area contributed by atoms with E-state index in [0.29, 0.717) is 6.67 Å². The SMILES string of the molecule is N[C@@H]1NC(Cl)=N[C@H]2[C@@H]1NCN2[C@@H]1OC(CO)[C@H](O)C1[18F]. The van der Waals surface area contributed by atoms with Crippen LogP contribution in [-0.2, 0) is 4.74 Å². The average molecular weight is 309 g/mol. The van der Waals surface area contributed by atoms with Crippen molar-refractivity contribution in [3.63, 3.8) is 0 Å². The fraction of sp³-hybridized carbons (Fsp3) is 0.900. The molecule has 114 valence electrons. The highest BCUT2D eigenvalue weighted by atomic mass is 35.5. The quantitative estimate of drug-likeness (QED) is 0.357. The third-order valence-electron chi connectivity index (χ3n) is 3.89. The zero-order valence-corrected chi connectivity index (χ0v) is 11.2. The number of fused-ring (bicyclic) bond motifs is 1. The molecular formula is C10H17ClFN5O3. The number of aliphatic hydroxyl groups is 2. The Bertz CT molecular complexity index is 416. The van der Waals surface area contributed by atoms with E-state index in [1.54, 1.807) is 4.90 Å². The molecule has 2 fully saturated rings. The van der Waals surface area contributed by atoms with Gasteiger partial charge in [-0.2, -0.15) is 0 Å². The van der Waals surface area contributed by atoms with Gasteiger partial charge in [-0.25, -0.2) is 14.3 Å². The summed E-state index contributed by atoms with van der Waals surface area (Å²) in [6.07, 6.45) is -5.86. The number of rotatable bonds is 2. The van der Waals surface area contributed by atoms with E-state index in [2.05, 4.69) is 15.6 Å². The van der Waals surface area contributed by atoms with E-state index in [9.17, 15) is 9.50 Å². The molecular weight excluding hydrogens is 292 g/mol. The lowest BCUT2D eigenvalue weighted by atomic mass is 10.1. The Labute approximate surface area is 119 Å². The van der Waals surface area contributed by atoms with Crippen molar-refractivity contribution in [2.45, 2.75) is 43.0 Å². The summed E-state index contributed by atoms with van der Waals surface area (Å²) in [6.45, 7) is -0.146. The van der Waals surface area contributed by atoms with E-state index < -0.39 is 43.5 Å². The van der Waals surface area contributed by atoms with Crippen molar-refractivity contribution < 1.29 is 19.3 Å². The van der Waals surface area contributed by atoms with Crippen LogP contribution in [0.15, 0.2) is 4.99 Å². The monoisotopic (exact) mass is 308 g/mol. The zero-order valence-electron chi connectivity index (χ0n) is 10.5. The Hall–Kier alpha value is -0.550. The van der Waals surface area contributed by atoms with Crippen LogP contribution >= 0.6 is 11.6 Å². The van der Waals surface area contributed by atoms with Crippen LogP contribution in [0.5, 0.6) is 0 Å². The number of nitrogens with zero attached hydrogens (tertiary/aromatic N) is 2. The molecule has 0 bridgehead atoms. The molecule has 7 atom stereocenters. The molecule has 2 saturated heterocycles. The van der Waals surface area contributed by atoms with Gasteiger partial charge in [-0.1, -0.05) is 0 Å². The number of hydrogen-bond donors (Lipinski definition) is 5. The molecule has 10 heteroatoms. The third-order valence-corrected chi connectivity index (χ3v) is 4.10. The summed E-state index contributed by atoms with van der Waals surface area (Å²) in [4.78, 5) is 5.80. The van der Waals surface area contributed by atoms with E-state index in [-0.39, 0.29) is 11.3 Å². The number of alkyl halides is 1. The second-order valence-electron chi connectivity index (χ2n) is 5.09. The molecule has 0 spiro atoms. The highest BCUT2D eigenvalue weighted by Gasteiger charge is 2.52. The predicted molar refractivity (Wildman–Crippen MR) is 68.5 cm³/mol. The maximum absolute atomic E-state index is 14.1. The molecule has 3 heterocycles. The molecule has 8 nitrogen and oxygen atoms in total. The van der Waals surface area contributed by atoms with Gasteiger partial charge in [0.25, 0.3) is 0 Å². The molecule has 0 aromatic rings. The van der Waals surface area contributed by atoms with Crippen LogP contribution in [0.4, 0.5) is 4.39 Å². The van der Waals surface area contributed by atoms with Crippen molar-refractivity contribution in [3.8, 4) is 0 Å². The van der Waals surface area contributed by atoms with Gasteiger partial charge in [-0.15, -0.1) is 0 Å².